The van der Waals surface area contributed by atoms with Gasteiger partial charge in [-0.15, -0.1) is 13.2 Å². The molecular formula is C6H14O4S. The Labute approximate surface area is 67.8 Å². The van der Waals surface area contributed by atoms with Crippen LogP contribution in [-0.2, 0) is 10.4 Å². The molecule has 0 saturated heterocycles. The second kappa shape index (κ2) is 12.1. The zero-order valence-corrected chi connectivity index (χ0v) is 7.50. The van der Waals surface area contributed by atoms with E-state index in [1.165, 1.54) is 0 Å². The van der Waals surface area contributed by atoms with E-state index in [0.717, 1.165) is 0 Å². The standard InChI is InChI=1S/2C3H6.H2O4S/c2*1-3-2;1-5(2,3)4/h2*3H,1H2,2H3;(H2,1,2,3,4). The number of hydrogen-bond donors (Lipinski definition) is 2. The lowest BCUT2D eigenvalue weighted by Crippen LogP contribution is -1.89. The molecule has 0 aromatic carbocycles. The van der Waals surface area contributed by atoms with Gasteiger partial charge in [0.2, 0.25) is 0 Å². The second-order valence-corrected chi connectivity index (χ2v) is 2.16. The predicted molar refractivity (Wildman–Crippen MR) is 45.9 cm³/mol. The Kier molecular flexibility index (Phi) is 18.4. The summed E-state index contributed by atoms with van der Waals surface area (Å²) in [7, 11) is -4.67. The van der Waals surface area contributed by atoms with Crippen LogP contribution in [0.25, 0.3) is 0 Å². The molecule has 0 amide bonds. The van der Waals surface area contributed by atoms with Crippen LogP contribution in [0, 0.1) is 0 Å². The largest absolute Gasteiger partial charge is 0.394 e. The number of hydrogen-bond acceptors (Lipinski definition) is 2. The van der Waals surface area contributed by atoms with Crippen molar-refractivity contribution in [2.45, 2.75) is 13.8 Å². The fourth-order valence-corrected chi connectivity index (χ4v) is 0. The van der Waals surface area contributed by atoms with Crippen LogP contribution in [0.1, 0.15) is 13.8 Å². The van der Waals surface area contributed by atoms with E-state index in [1.54, 1.807) is 12.2 Å². The molecule has 4 nitrogen and oxygen atoms in total. The highest BCUT2D eigenvalue weighted by Gasteiger charge is 1.84. The summed E-state index contributed by atoms with van der Waals surface area (Å²) in [6.07, 6.45) is 3.50. The first-order valence-electron chi connectivity index (χ1n) is 2.67. The molecule has 2 N–H and O–H groups in total. The first kappa shape index (κ1) is 16.7. The fraction of sp³-hybridized carbons (Fsp3) is 0.333. The Bertz CT molecular complexity index is 155. The van der Waals surface area contributed by atoms with Gasteiger partial charge in [0.1, 0.15) is 0 Å². The van der Waals surface area contributed by atoms with Gasteiger partial charge in [0.15, 0.2) is 0 Å². The SMILES string of the molecule is C=CC.C=CC.O=S(=O)(O)O. The molecule has 0 unspecified atom stereocenters. The van der Waals surface area contributed by atoms with E-state index in [-0.39, 0.29) is 0 Å². The summed E-state index contributed by atoms with van der Waals surface area (Å²) in [6.45, 7) is 10.5. The van der Waals surface area contributed by atoms with E-state index < -0.39 is 10.4 Å². The third kappa shape index (κ3) is 1200. The third-order valence-corrected chi connectivity index (χ3v) is 0. The van der Waals surface area contributed by atoms with Crippen LogP contribution in [-0.4, -0.2) is 17.5 Å². The maximum absolute atomic E-state index is 8.74. The van der Waals surface area contributed by atoms with Crippen LogP contribution in [0.2, 0.25) is 0 Å². The summed E-state index contributed by atoms with van der Waals surface area (Å²) in [4.78, 5) is 0. The number of allylic oxidation sites excluding steroid dienone is 2. The van der Waals surface area contributed by atoms with Gasteiger partial charge >= 0.3 is 10.4 Å². The lowest BCUT2D eigenvalue weighted by molar-refractivity contribution is 0.381. The van der Waals surface area contributed by atoms with Gasteiger partial charge in [-0.05, 0) is 13.8 Å². The van der Waals surface area contributed by atoms with Gasteiger partial charge in [-0.25, -0.2) is 0 Å². The summed E-state index contributed by atoms with van der Waals surface area (Å²) < 4.78 is 31.6. The van der Waals surface area contributed by atoms with Crippen LogP contribution < -0.4 is 0 Å². The smallest absolute Gasteiger partial charge is 0.264 e. The van der Waals surface area contributed by atoms with Crippen molar-refractivity contribution >= 4 is 10.4 Å². The van der Waals surface area contributed by atoms with Crippen molar-refractivity contribution in [2.24, 2.45) is 0 Å². The molecule has 11 heavy (non-hydrogen) atoms. The minimum Gasteiger partial charge on any atom is -0.264 e. The molecule has 0 aromatic rings. The molecule has 0 aliphatic rings. The fourth-order valence-electron chi connectivity index (χ4n) is 0. The Balaban J connectivity index is -0.0000000933. The van der Waals surface area contributed by atoms with Crippen LogP contribution in [0.3, 0.4) is 0 Å². The molecule has 5 heteroatoms. The normalized spacial score (nSPS) is 7.64. The molecular weight excluding hydrogens is 168 g/mol. The first-order valence-corrected chi connectivity index (χ1v) is 4.07. The maximum atomic E-state index is 8.74. The van der Waals surface area contributed by atoms with Crippen molar-refractivity contribution in [1.82, 2.24) is 0 Å². The van der Waals surface area contributed by atoms with Gasteiger partial charge in [-0.2, -0.15) is 8.42 Å². The monoisotopic (exact) mass is 182 g/mol. The zero-order chi connectivity index (χ0) is 9.91. The maximum Gasteiger partial charge on any atom is 0.394 e. The molecule has 0 atom stereocenters. The predicted octanol–water partition coefficient (Wildman–Crippen LogP) is 1.73. The van der Waals surface area contributed by atoms with E-state index in [1.807, 2.05) is 13.8 Å². The molecule has 0 rings (SSSR count). The molecule has 0 bridgehead atoms. The van der Waals surface area contributed by atoms with Crippen molar-refractivity contribution < 1.29 is 17.5 Å². The van der Waals surface area contributed by atoms with E-state index in [0.29, 0.717) is 0 Å². The van der Waals surface area contributed by atoms with Gasteiger partial charge in [0.05, 0.1) is 0 Å². The molecule has 0 fully saturated rings. The zero-order valence-electron chi connectivity index (χ0n) is 6.69. The van der Waals surface area contributed by atoms with Crippen molar-refractivity contribution in [3.05, 3.63) is 25.3 Å². The van der Waals surface area contributed by atoms with E-state index in [2.05, 4.69) is 13.2 Å². The van der Waals surface area contributed by atoms with Crippen molar-refractivity contribution in [3.8, 4) is 0 Å². The Morgan fingerprint density at radius 2 is 1.09 bits per heavy atom. The van der Waals surface area contributed by atoms with Gasteiger partial charge in [-0.3, -0.25) is 9.11 Å². The summed E-state index contributed by atoms with van der Waals surface area (Å²) in [5.74, 6) is 0. The quantitative estimate of drug-likeness (QED) is 0.442. The molecule has 0 spiro atoms. The molecule has 68 valence electrons. The highest BCUT2D eigenvalue weighted by molar-refractivity contribution is 7.79. The summed E-state index contributed by atoms with van der Waals surface area (Å²) in [5.41, 5.74) is 0. The highest BCUT2D eigenvalue weighted by atomic mass is 32.3. The van der Waals surface area contributed by atoms with Crippen LogP contribution in [0.4, 0.5) is 0 Å². The molecule has 0 aliphatic carbocycles. The summed E-state index contributed by atoms with van der Waals surface area (Å²) >= 11 is 0. The van der Waals surface area contributed by atoms with Crippen molar-refractivity contribution in [3.63, 3.8) is 0 Å². The minimum atomic E-state index is -4.67. The molecule has 0 radical (unpaired) electrons. The minimum absolute atomic E-state index is 1.75. The van der Waals surface area contributed by atoms with Crippen LogP contribution in [0.15, 0.2) is 25.3 Å². The first-order chi connectivity index (χ1) is 4.83. The average Bonchev–Trinajstić information content (AvgIpc) is 1.62. The highest BCUT2D eigenvalue weighted by Crippen LogP contribution is 1.59. The summed E-state index contributed by atoms with van der Waals surface area (Å²) in [5, 5.41) is 0. The van der Waals surface area contributed by atoms with Gasteiger partial charge in [0.25, 0.3) is 0 Å². The average molecular weight is 182 g/mol. The second-order valence-electron chi connectivity index (χ2n) is 1.26. The van der Waals surface area contributed by atoms with Gasteiger partial charge in [0, 0.05) is 0 Å². The lowest BCUT2D eigenvalue weighted by atomic mass is 10.8. The van der Waals surface area contributed by atoms with Gasteiger partial charge in [-0.1, -0.05) is 12.2 Å². The van der Waals surface area contributed by atoms with Gasteiger partial charge < -0.3 is 0 Å². The Morgan fingerprint density at radius 1 is 1.09 bits per heavy atom. The van der Waals surface area contributed by atoms with Crippen molar-refractivity contribution in [1.29, 1.82) is 0 Å². The van der Waals surface area contributed by atoms with E-state index in [9.17, 15) is 0 Å². The number of rotatable bonds is 0. The Hall–Kier alpha value is -0.650. The molecule has 0 aromatic heterocycles. The van der Waals surface area contributed by atoms with Crippen LogP contribution >= 0.6 is 0 Å². The van der Waals surface area contributed by atoms with Crippen LogP contribution in [0.5, 0.6) is 0 Å². The lowest BCUT2D eigenvalue weighted by Gasteiger charge is -1.68. The summed E-state index contributed by atoms with van der Waals surface area (Å²) in [6, 6.07) is 0. The molecule has 0 saturated carbocycles. The molecule has 0 heterocycles. The molecule has 0 aliphatic heterocycles. The Morgan fingerprint density at radius 3 is 1.09 bits per heavy atom. The third-order valence-electron chi connectivity index (χ3n) is 0. The van der Waals surface area contributed by atoms with Crippen molar-refractivity contribution in [2.75, 3.05) is 0 Å². The topological polar surface area (TPSA) is 74.6 Å². The van der Waals surface area contributed by atoms with E-state index in [4.69, 9.17) is 17.5 Å². The van der Waals surface area contributed by atoms with E-state index >= 15 is 0 Å².